The Bertz CT molecular complexity index is 952. The lowest BCUT2D eigenvalue weighted by Crippen LogP contribution is -2.42. The third kappa shape index (κ3) is 4.34. The molecule has 3 aliphatic carbocycles. The molecule has 2 amide bonds. The van der Waals surface area contributed by atoms with E-state index in [4.69, 9.17) is 0 Å². The highest BCUT2D eigenvalue weighted by Gasteiger charge is 2.69. The molecule has 184 valence electrons. The predicted octanol–water partition coefficient (Wildman–Crippen LogP) is 3.86. The Hall–Kier alpha value is -2.42. The molecular formula is C25H31F3N4O2. The molecule has 2 saturated carbocycles. The van der Waals surface area contributed by atoms with Gasteiger partial charge < -0.3 is 15.5 Å². The van der Waals surface area contributed by atoms with Gasteiger partial charge in [-0.15, -0.1) is 0 Å². The third-order valence-electron chi connectivity index (χ3n) is 8.17. The number of allylic oxidation sites excluding steroid dienone is 2. The van der Waals surface area contributed by atoms with Crippen molar-refractivity contribution in [3.63, 3.8) is 0 Å². The van der Waals surface area contributed by atoms with Gasteiger partial charge in [0.15, 0.2) is 0 Å². The number of halogens is 3. The van der Waals surface area contributed by atoms with Gasteiger partial charge in [-0.25, -0.2) is 4.98 Å². The Morgan fingerprint density at radius 3 is 2.29 bits per heavy atom. The number of unbranched alkanes of at least 4 members (excludes halogenated alkanes) is 1. The number of nitrogens with one attached hydrogen (secondary N) is 2. The van der Waals surface area contributed by atoms with Crippen LogP contribution in [-0.4, -0.2) is 47.9 Å². The quantitative estimate of drug-likeness (QED) is 0.442. The van der Waals surface area contributed by atoms with E-state index in [1.165, 1.54) is 18.9 Å². The maximum Gasteiger partial charge on any atom is 0.433 e. The van der Waals surface area contributed by atoms with Crippen LogP contribution in [0.2, 0.25) is 0 Å². The molecule has 3 fully saturated rings. The number of nitrogens with zero attached hydrogens (tertiary/aromatic N) is 2. The Balaban J connectivity index is 1.21. The molecule has 5 rings (SSSR count). The lowest BCUT2D eigenvalue weighted by Gasteiger charge is -2.26. The largest absolute Gasteiger partial charge is 0.433 e. The summed E-state index contributed by atoms with van der Waals surface area (Å²) in [4.78, 5) is 32.4. The number of alkyl halides is 3. The third-order valence-corrected chi connectivity index (χ3v) is 8.17. The Morgan fingerprint density at radius 1 is 1.03 bits per heavy atom. The van der Waals surface area contributed by atoms with Crippen LogP contribution in [0.3, 0.4) is 0 Å². The fourth-order valence-electron chi connectivity index (χ4n) is 6.37. The van der Waals surface area contributed by atoms with Crippen molar-refractivity contribution in [3.8, 4) is 0 Å². The summed E-state index contributed by atoms with van der Waals surface area (Å²) in [6, 6.07) is 2.06. The van der Waals surface area contributed by atoms with Crippen LogP contribution in [0.1, 0.15) is 44.2 Å². The number of rotatable bonds is 8. The molecule has 4 aliphatic rings. The van der Waals surface area contributed by atoms with Gasteiger partial charge in [0.2, 0.25) is 11.8 Å². The standard InChI is InChI=1S/C25H31F3N4O2/c26-25(27,28)19-8-5-16(15-30-19)31-23(34)21-18-7-6-17(24(18)9-10-24)20(21)22(33)29-11-1-2-12-32-13-3-4-14-32/h5-8,15,17-18,20-21H,1-4,9-14H2,(H,29,33)(H,31,34)/t17-,18+,20-,21-/m1/s1. The molecule has 2 N–H and O–H groups in total. The molecule has 1 aromatic rings. The van der Waals surface area contributed by atoms with Gasteiger partial charge >= 0.3 is 6.18 Å². The topological polar surface area (TPSA) is 74.3 Å². The summed E-state index contributed by atoms with van der Waals surface area (Å²) < 4.78 is 38.4. The zero-order chi connectivity index (χ0) is 23.9. The molecule has 0 aromatic carbocycles. The van der Waals surface area contributed by atoms with E-state index < -0.39 is 23.7 Å². The Kier molecular flexibility index (Phi) is 6.16. The number of amides is 2. The SMILES string of the molecule is O=C(NCCCCN1CCCC1)[C@H]1[C@H](C(=O)Nc2ccc(C(F)(F)F)nc2)[C@@H]2C=C[C@H]1C21CC1. The molecule has 0 radical (unpaired) electrons. The van der Waals surface area contributed by atoms with Crippen LogP contribution < -0.4 is 10.6 Å². The minimum atomic E-state index is -4.53. The van der Waals surface area contributed by atoms with E-state index in [1.54, 1.807) is 0 Å². The minimum absolute atomic E-state index is 0.00183. The van der Waals surface area contributed by atoms with Gasteiger partial charge in [0.05, 0.1) is 23.7 Å². The summed E-state index contributed by atoms with van der Waals surface area (Å²) in [7, 11) is 0. The zero-order valence-corrected chi connectivity index (χ0v) is 19.1. The van der Waals surface area contributed by atoms with E-state index in [1.807, 2.05) is 0 Å². The predicted molar refractivity (Wildman–Crippen MR) is 121 cm³/mol. The first-order chi connectivity index (χ1) is 16.3. The number of pyridine rings is 1. The van der Waals surface area contributed by atoms with Crippen molar-refractivity contribution in [2.24, 2.45) is 29.1 Å². The molecule has 1 aliphatic heterocycles. The van der Waals surface area contributed by atoms with Crippen LogP contribution in [0.5, 0.6) is 0 Å². The number of anilines is 1. The summed E-state index contributed by atoms with van der Waals surface area (Å²) in [6.07, 6.45) is 7.11. The lowest BCUT2D eigenvalue weighted by atomic mass is 9.81. The Morgan fingerprint density at radius 2 is 1.71 bits per heavy atom. The van der Waals surface area contributed by atoms with Gasteiger partial charge in [0.25, 0.3) is 0 Å². The van der Waals surface area contributed by atoms with Gasteiger partial charge in [0, 0.05) is 6.54 Å². The monoisotopic (exact) mass is 476 g/mol. The fourth-order valence-corrected chi connectivity index (χ4v) is 6.37. The maximum absolute atomic E-state index is 13.3. The van der Waals surface area contributed by atoms with Crippen molar-refractivity contribution in [2.75, 3.05) is 31.5 Å². The number of hydrogen-bond donors (Lipinski definition) is 2. The van der Waals surface area contributed by atoms with Crippen molar-refractivity contribution in [3.05, 3.63) is 36.2 Å². The average molecular weight is 477 g/mol. The number of aromatic nitrogens is 1. The summed E-state index contributed by atoms with van der Waals surface area (Å²) in [5.74, 6) is -1.34. The number of likely N-dealkylation sites (tertiary alicyclic amines) is 1. The fraction of sp³-hybridized carbons (Fsp3) is 0.640. The van der Waals surface area contributed by atoms with Crippen LogP contribution >= 0.6 is 0 Å². The van der Waals surface area contributed by atoms with E-state index in [0.717, 1.165) is 57.6 Å². The maximum atomic E-state index is 13.3. The minimum Gasteiger partial charge on any atom is -0.356 e. The molecule has 4 atom stereocenters. The zero-order valence-electron chi connectivity index (χ0n) is 19.1. The second-order valence-electron chi connectivity index (χ2n) is 10.2. The molecule has 1 spiro atoms. The lowest BCUT2D eigenvalue weighted by molar-refractivity contribution is -0.141. The van der Waals surface area contributed by atoms with Crippen LogP contribution in [0.4, 0.5) is 18.9 Å². The highest BCUT2D eigenvalue weighted by molar-refractivity contribution is 5.97. The first-order valence-electron chi connectivity index (χ1n) is 12.3. The van der Waals surface area contributed by atoms with Gasteiger partial charge in [-0.3, -0.25) is 9.59 Å². The second kappa shape index (κ2) is 8.98. The highest BCUT2D eigenvalue weighted by Crippen LogP contribution is 2.72. The van der Waals surface area contributed by atoms with Gasteiger partial charge in [-0.2, -0.15) is 13.2 Å². The summed E-state index contributed by atoms with van der Waals surface area (Å²) in [5.41, 5.74) is -0.805. The van der Waals surface area contributed by atoms with Gasteiger partial charge in [-0.1, -0.05) is 12.2 Å². The summed E-state index contributed by atoms with van der Waals surface area (Å²) >= 11 is 0. The van der Waals surface area contributed by atoms with Crippen molar-refractivity contribution in [2.45, 2.75) is 44.7 Å². The van der Waals surface area contributed by atoms with Crippen LogP contribution in [0, 0.1) is 29.1 Å². The average Bonchev–Trinajstić information content (AvgIpc) is 3.16. The smallest absolute Gasteiger partial charge is 0.356 e. The van der Waals surface area contributed by atoms with E-state index in [2.05, 4.69) is 32.7 Å². The molecule has 2 heterocycles. The molecule has 9 heteroatoms. The molecule has 0 unspecified atom stereocenters. The highest BCUT2D eigenvalue weighted by atomic mass is 19.4. The van der Waals surface area contributed by atoms with Crippen molar-refractivity contribution >= 4 is 17.5 Å². The van der Waals surface area contributed by atoms with E-state index >= 15 is 0 Å². The number of hydrogen-bond acceptors (Lipinski definition) is 4. The van der Waals surface area contributed by atoms with Crippen LogP contribution in [0.25, 0.3) is 0 Å². The van der Waals surface area contributed by atoms with Crippen LogP contribution in [0.15, 0.2) is 30.5 Å². The normalized spacial score (nSPS) is 29.0. The van der Waals surface area contributed by atoms with Crippen LogP contribution in [-0.2, 0) is 15.8 Å². The number of carbonyl (C=O) groups excluding carboxylic acids is 2. The second-order valence-corrected chi connectivity index (χ2v) is 10.2. The Labute approximate surface area is 197 Å². The van der Waals surface area contributed by atoms with Gasteiger partial charge in [0.1, 0.15) is 5.69 Å². The first-order valence-corrected chi connectivity index (χ1v) is 12.3. The molecule has 1 aromatic heterocycles. The van der Waals surface area contributed by atoms with E-state index in [0.29, 0.717) is 6.54 Å². The summed E-state index contributed by atoms with van der Waals surface area (Å²) in [6.45, 7) is 3.98. The molecule has 1 saturated heterocycles. The molecule has 6 nitrogen and oxygen atoms in total. The van der Waals surface area contributed by atoms with Gasteiger partial charge in [-0.05, 0) is 87.5 Å². The summed E-state index contributed by atoms with van der Waals surface area (Å²) in [5, 5.41) is 5.78. The number of carbonyl (C=O) groups is 2. The van der Waals surface area contributed by atoms with Crippen molar-refractivity contribution in [1.29, 1.82) is 0 Å². The van der Waals surface area contributed by atoms with Crippen molar-refractivity contribution in [1.82, 2.24) is 15.2 Å². The molecular weight excluding hydrogens is 445 g/mol. The van der Waals surface area contributed by atoms with E-state index in [-0.39, 0.29) is 34.8 Å². The molecule has 2 bridgehead atoms. The first kappa shape index (κ1) is 23.3. The van der Waals surface area contributed by atoms with E-state index in [9.17, 15) is 22.8 Å². The van der Waals surface area contributed by atoms with Crippen molar-refractivity contribution < 1.29 is 22.8 Å². The molecule has 34 heavy (non-hydrogen) atoms.